The van der Waals surface area contributed by atoms with Crippen LogP contribution < -0.4 is 15.0 Å². The average molecular weight is 444 g/mol. The van der Waals surface area contributed by atoms with Crippen molar-refractivity contribution in [2.45, 2.75) is 26.3 Å². The predicted molar refractivity (Wildman–Crippen MR) is 124 cm³/mol. The molecule has 0 aliphatic carbocycles. The minimum absolute atomic E-state index is 0.0234. The predicted octanol–water partition coefficient (Wildman–Crippen LogP) is 3.84. The fourth-order valence-corrected chi connectivity index (χ4v) is 3.85. The Morgan fingerprint density at radius 2 is 1.65 bits per heavy atom. The van der Waals surface area contributed by atoms with Gasteiger partial charge in [0.1, 0.15) is 11.8 Å². The number of methoxy groups -OCH3 is 1. The summed E-state index contributed by atoms with van der Waals surface area (Å²) in [6, 6.07) is 14.1. The SMILES string of the molecule is COc1ccc(N2CCCN(C(=O)C(NC(=O)c3ccc(Cl)cc3)C(C)C)CC2)cc1. The molecule has 2 amide bonds. The van der Waals surface area contributed by atoms with E-state index in [9.17, 15) is 9.59 Å². The monoisotopic (exact) mass is 443 g/mol. The molecule has 2 aromatic rings. The zero-order chi connectivity index (χ0) is 22.4. The highest BCUT2D eigenvalue weighted by Crippen LogP contribution is 2.21. The molecule has 1 unspecified atom stereocenters. The molecule has 6 nitrogen and oxygen atoms in total. The van der Waals surface area contributed by atoms with Crippen molar-refractivity contribution in [1.82, 2.24) is 10.2 Å². The van der Waals surface area contributed by atoms with E-state index < -0.39 is 6.04 Å². The highest BCUT2D eigenvalue weighted by Gasteiger charge is 2.30. The molecule has 166 valence electrons. The van der Waals surface area contributed by atoms with Crippen molar-refractivity contribution in [2.75, 3.05) is 38.2 Å². The molecule has 31 heavy (non-hydrogen) atoms. The minimum Gasteiger partial charge on any atom is -0.497 e. The quantitative estimate of drug-likeness (QED) is 0.736. The van der Waals surface area contributed by atoms with Gasteiger partial charge >= 0.3 is 0 Å². The summed E-state index contributed by atoms with van der Waals surface area (Å²) in [5, 5.41) is 3.49. The van der Waals surface area contributed by atoms with Gasteiger partial charge in [0.25, 0.3) is 5.91 Å². The fraction of sp³-hybridized carbons (Fsp3) is 0.417. The lowest BCUT2D eigenvalue weighted by Crippen LogP contribution is -2.52. The minimum atomic E-state index is -0.573. The Balaban J connectivity index is 1.64. The van der Waals surface area contributed by atoms with Crippen LogP contribution in [-0.4, -0.2) is 56.0 Å². The first kappa shape index (κ1) is 22.9. The standard InChI is InChI=1S/C24H30ClN3O3/c1-17(2)22(26-23(29)18-5-7-19(25)8-6-18)24(30)28-14-4-13-27(15-16-28)20-9-11-21(31-3)12-10-20/h5-12,17,22H,4,13-16H2,1-3H3,(H,26,29). The van der Waals surface area contributed by atoms with Crippen molar-refractivity contribution >= 4 is 29.1 Å². The molecular weight excluding hydrogens is 414 g/mol. The summed E-state index contributed by atoms with van der Waals surface area (Å²) in [6.07, 6.45) is 0.869. The molecule has 0 spiro atoms. The van der Waals surface area contributed by atoms with Crippen molar-refractivity contribution < 1.29 is 14.3 Å². The van der Waals surface area contributed by atoms with Crippen molar-refractivity contribution in [2.24, 2.45) is 5.92 Å². The summed E-state index contributed by atoms with van der Waals surface area (Å²) >= 11 is 5.91. The van der Waals surface area contributed by atoms with Crippen LogP contribution in [0, 0.1) is 5.92 Å². The van der Waals surface area contributed by atoms with Crippen LogP contribution in [0.15, 0.2) is 48.5 Å². The van der Waals surface area contributed by atoms with Gasteiger partial charge in [-0.2, -0.15) is 0 Å². The van der Waals surface area contributed by atoms with Gasteiger partial charge in [0.05, 0.1) is 7.11 Å². The molecule has 3 rings (SSSR count). The first-order valence-electron chi connectivity index (χ1n) is 10.6. The number of ether oxygens (including phenoxy) is 1. The highest BCUT2D eigenvalue weighted by atomic mass is 35.5. The summed E-state index contributed by atoms with van der Waals surface area (Å²) in [5.74, 6) is 0.503. The molecule has 0 saturated carbocycles. The zero-order valence-electron chi connectivity index (χ0n) is 18.3. The number of rotatable bonds is 6. The maximum Gasteiger partial charge on any atom is 0.251 e. The Bertz CT molecular complexity index is 884. The lowest BCUT2D eigenvalue weighted by Gasteiger charge is -2.29. The largest absolute Gasteiger partial charge is 0.497 e. The molecular formula is C24H30ClN3O3. The molecule has 0 radical (unpaired) electrons. The molecule has 1 heterocycles. The first-order chi connectivity index (χ1) is 14.9. The summed E-state index contributed by atoms with van der Waals surface area (Å²) in [5.41, 5.74) is 1.61. The van der Waals surface area contributed by atoms with Gasteiger partial charge in [0.2, 0.25) is 5.91 Å². The van der Waals surface area contributed by atoms with E-state index in [1.807, 2.05) is 43.0 Å². The summed E-state index contributed by atoms with van der Waals surface area (Å²) in [4.78, 5) is 30.1. The van der Waals surface area contributed by atoms with E-state index in [1.54, 1.807) is 31.4 Å². The van der Waals surface area contributed by atoms with Crippen molar-refractivity contribution in [3.8, 4) is 5.75 Å². The lowest BCUT2D eigenvalue weighted by molar-refractivity contribution is -0.134. The maximum atomic E-state index is 13.3. The Labute approximate surface area is 189 Å². The number of nitrogens with zero attached hydrogens (tertiary/aromatic N) is 2. The zero-order valence-corrected chi connectivity index (χ0v) is 19.1. The van der Waals surface area contributed by atoms with Crippen LogP contribution in [0.3, 0.4) is 0 Å². The molecule has 7 heteroatoms. The van der Waals surface area contributed by atoms with E-state index in [0.29, 0.717) is 23.7 Å². The second-order valence-corrected chi connectivity index (χ2v) is 8.50. The Kier molecular flexibility index (Phi) is 7.80. The van der Waals surface area contributed by atoms with Crippen LogP contribution in [0.1, 0.15) is 30.6 Å². The third-order valence-electron chi connectivity index (χ3n) is 5.57. The van der Waals surface area contributed by atoms with Crippen LogP contribution in [0.25, 0.3) is 0 Å². The molecule has 1 N–H and O–H groups in total. The highest BCUT2D eigenvalue weighted by molar-refractivity contribution is 6.30. The molecule has 1 atom stereocenters. The molecule has 1 saturated heterocycles. The number of benzene rings is 2. The Morgan fingerprint density at radius 3 is 2.26 bits per heavy atom. The van der Waals surface area contributed by atoms with Gasteiger partial charge in [-0.05, 0) is 60.9 Å². The van der Waals surface area contributed by atoms with Crippen molar-refractivity contribution in [1.29, 1.82) is 0 Å². The van der Waals surface area contributed by atoms with Crippen LogP contribution in [0.2, 0.25) is 5.02 Å². The summed E-state index contributed by atoms with van der Waals surface area (Å²) in [7, 11) is 1.65. The van der Waals surface area contributed by atoms with E-state index >= 15 is 0 Å². The number of hydrogen-bond donors (Lipinski definition) is 1. The molecule has 1 fully saturated rings. The number of carbonyl (C=O) groups excluding carboxylic acids is 2. The average Bonchev–Trinajstić information content (AvgIpc) is 3.03. The normalized spacial score (nSPS) is 15.4. The number of nitrogens with one attached hydrogen (secondary N) is 1. The van der Waals surface area contributed by atoms with E-state index in [0.717, 1.165) is 30.9 Å². The van der Waals surface area contributed by atoms with Gasteiger partial charge in [-0.25, -0.2) is 0 Å². The van der Waals surface area contributed by atoms with Crippen LogP contribution in [-0.2, 0) is 4.79 Å². The van der Waals surface area contributed by atoms with E-state index in [1.165, 1.54) is 0 Å². The van der Waals surface area contributed by atoms with Crippen LogP contribution in [0.4, 0.5) is 5.69 Å². The van der Waals surface area contributed by atoms with E-state index in [2.05, 4.69) is 10.2 Å². The fourth-order valence-electron chi connectivity index (χ4n) is 3.73. The van der Waals surface area contributed by atoms with Crippen LogP contribution >= 0.6 is 11.6 Å². The van der Waals surface area contributed by atoms with Gasteiger partial charge in [0, 0.05) is 42.5 Å². The number of halogens is 1. The van der Waals surface area contributed by atoms with Crippen molar-refractivity contribution in [3.05, 3.63) is 59.1 Å². The van der Waals surface area contributed by atoms with E-state index in [4.69, 9.17) is 16.3 Å². The molecule has 0 aromatic heterocycles. The Hall–Kier alpha value is -2.73. The second-order valence-electron chi connectivity index (χ2n) is 8.07. The molecule has 1 aliphatic rings. The number of anilines is 1. The smallest absolute Gasteiger partial charge is 0.251 e. The third kappa shape index (κ3) is 5.91. The lowest BCUT2D eigenvalue weighted by atomic mass is 10.0. The van der Waals surface area contributed by atoms with Gasteiger partial charge in [0.15, 0.2) is 0 Å². The Morgan fingerprint density at radius 1 is 0.968 bits per heavy atom. The molecule has 0 bridgehead atoms. The van der Waals surface area contributed by atoms with Crippen LogP contribution in [0.5, 0.6) is 5.75 Å². The molecule has 1 aliphatic heterocycles. The summed E-state index contributed by atoms with van der Waals surface area (Å²) < 4.78 is 5.24. The second kappa shape index (κ2) is 10.5. The van der Waals surface area contributed by atoms with E-state index in [-0.39, 0.29) is 17.7 Å². The number of carbonyl (C=O) groups is 2. The maximum absolute atomic E-state index is 13.3. The van der Waals surface area contributed by atoms with Gasteiger partial charge in [-0.15, -0.1) is 0 Å². The number of amides is 2. The number of hydrogen-bond acceptors (Lipinski definition) is 4. The van der Waals surface area contributed by atoms with Gasteiger partial charge in [-0.1, -0.05) is 25.4 Å². The van der Waals surface area contributed by atoms with Crippen molar-refractivity contribution in [3.63, 3.8) is 0 Å². The third-order valence-corrected chi connectivity index (χ3v) is 5.82. The topological polar surface area (TPSA) is 61.9 Å². The first-order valence-corrected chi connectivity index (χ1v) is 11.0. The van der Waals surface area contributed by atoms with Gasteiger partial charge < -0.3 is 19.9 Å². The summed E-state index contributed by atoms with van der Waals surface area (Å²) in [6.45, 7) is 6.81. The van der Waals surface area contributed by atoms with Gasteiger partial charge in [-0.3, -0.25) is 9.59 Å². The molecule has 2 aromatic carbocycles.